The number of carbonyl (C=O) groups is 1. The number of phenols is 1. The zero-order valence-corrected chi connectivity index (χ0v) is 11.8. The van der Waals surface area contributed by atoms with Gasteiger partial charge in [-0.1, -0.05) is 5.16 Å². The Morgan fingerprint density at radius 2 is 2.14 bits per heavy atom. The van der Waals surface area contributed by atoms with Gasteiger partial charge in [-0.2, -0.15) is 0 Å². The SMILES string of the molecule is C/C(=N/O)c1ccc(OCC(=O)N2CCOCC2)cc1O. The average molecular weight is 294 g/mol. The number of benzene rings is 1. The number of oxime groups is 1. The van der Waals surface area contributed by atoms with E-state index in [1.54, 1.807) is 24.0 Å². The molecule has 0 unspecified atom stereocenters. The van der Waals surface area contributed by atoms with Gasteiger partial charge in [0.05, 0.1) is 18.9 Å². The standard InChI is InChI=1S/C14H18N2O5/c1-10(15-19)12-3-2-11(8-13(12)17)21-9-14(18)16-4-6-20-7-5-16/h2-3,8,17,19H,4-7,9H2,1H3/b15-10-. The molecule has 1 saturated heterocycles. The predicted molar refractivity (Wildman–Crippen MR) is 75.0 cm³/mol. The van der Waals surface area contributed by atoms with Crippen LogP contribution in [-0.4, -0.2) is 59.7 Å². The van der Waals surface area contributed by atoms with E-state index in [0.29, 0.717) is 43.3 Å². The quantitative estimate of drug-likeness (QED) is 0.487. The van der Waals surface area contributed by atoms with Crippen molar-refractivity contribution in [2.75, 3.05) is 32.9 Å². The lowest BCUT2D eigenvalue weighted by Gasteiger charge is -2.26. The van der Waals surface area contributed by atoms with E-state index in [1.807, 2.05) is 0 Å². The summed E-state index contributed by atoms with van der Waals surface area (Å²) in [5.74, 6) is 0.195. The van der Waals surface area contributed by atoms with E-state index < -0.39 is 0 Å². The number of carbonyl (C=O) groups excluding carboxylic acids is 1. The highest BCUT2D eigenvalue weighted by molar-refractivity contribution is 6.00. The summed E-state index contributed by atoms with van der Waals surface area (Å²) in [6, 6.07) is 4.56. The normalized spacial score (nSPS) is 15.9. The fraction of sp³-hybridized carbons (Fsp3) is 0.429. The molecule has 0 atom stereocenters. The third kappa shape index (κ3) is 3.85. The molecule has 1 aliphatic heterocycles. The highest BCUT2D eigenvalue weighted by Crippen LogP contribution is 2.24. The van der Waals surface area contributed by atoms with Crippen molar-refractivity contribution in [3.63, 3.8) is 0 Å². The molecule has 0 aliphatic carbocycles. The molecule has 0 aromatic heterocycles. The van der Waals surface area contributed by atoms with Gasteiger partial charge >= 0.3 is 0 Å². The minimum Gasteiger partial charge on any atom is -0.507 e. The summed E-state index contributed by atoms with van der Waals surface area (Å²) in [5.41, 5.74) is 0.702. The molecule has 0 spiro atoms. The Balaban J connectivity index is 1.94. The molecule has 7 nitrogen and oxygen atoms in total. The molecule has 0 radical (unpaired) electrons. The monoisotopic (exact) mass is 294 g/mol. The van der Waals surface area contributed by atoms with Crippen LogP contribution in [-0.2, 0) is 9.53 Å². The second kappa shape index (κ2) is 6.94. The predicted octanol–water partition coefficient (Wildman–Crippen LogP) is 0.828. The number of nitrogens with zero attached hydrogens (tertiary/aromatic N) is 2. The lowest BCUT2D eigenvalue weighted by Crippen LogP contribution is -2.42. The van der Waals surface area contributed by atoms with Gasteiger partial charge in [-0.15, -0.1) is 0 Å². The van der Waals surface area contributed by atoms with Gasteiger partial charge in [-0.25, -0.2) is 0 Å². The van der Waals surface area contributed by atoms with Gasteiger partial charge in [0.2, 0.25) is 0 Å². The number of hydrogen-bond acceptors (Lipinski definition) is 6. The van der Waals surface area contributed by atoms with Crippen LogP contribution < -0.4 is 4.74 Å². The summed E-state index contributed by atoms with van der Waals surface area (Å²) in [4.78, 5) is 13.6. The minimum atomic E-state index is -0.116. The van der Waals surface area contributed by atoms with E-state index in [1.165, 1.54) is 6.07 Å². The number of morpholine rings is 1. The maximum atomic E-state index is 11.9. The van der Waals surface area contributed by atoms with Crippen LogP contribution >= 0.6 is 0 Å². The third-order valence-corrected chi connectivity index (χ3v) is 3.24. The summed E-state index contributed by atoms with van der Waals surface area (Å²) in [7, 11) is 0. The molecule has 21 heavy (non-hydrogen) atoms. The van der Waals surface area contributed by atoms with Crippen LogP contribution in [0, 0.1) is 0 Å². The van der Waals surface area contributed by atoms with E-state index in [4.69, 9.17) is 14.7 Å². The number of rotatable bonds is 4. The zero-order chi connectivity index (χ0) is 15.2. The van der Waals surface area contributed by atoms with Crippen LogP contribution in [0.15, 0.2) is 23.4 Å². The molecular weight excluding hydrogens is 276 g/mol. The number of aromatic hydroxyl groups is 1. The van der Waals surface area contributed by atoms with Crippen LogP contribution in [0.5, 0.6) is 11.5 Å². The van der Waals surface area contributed by atoms with Gasteiger partial charge < -0.3 is 24.7 Å². The number of ether oxygens (including phenoxy) is 2. The first kappa shape index (κ1) is 15.1. The molecule has 1 fully saturated rings. The van der Waals surface area contributed by atoms with E-state index in [9.17, 15) is 9.90 Å². The molecule has 7 heteroatoms. The Bertz CT molecular complexity index is 538. The summed E-state index contributed by atoms with van der Waals surface area (Å²) in [6.07, 6.45) is 0. The first-order chi connectivity index (χ1) is 10.1. The second-order valence-corrected chi connectivity index (χ2v) is 4.65. The van der Waals surface area contributed by atoms with Crippen molar-refractivity contribution in [1.29, 1.82) is 0 Å². The Morgan fingerprint density at radius 3 is 2.76 bits per heavy atom. The summed E-state index contributed by atoms with van der Waals surface area (Å²) in [5, 5.41) is 21.5. The molecule has 0 saturated carbocycles. The zero-order valence-electron chi connectivity index (χ0n) is 11.8. The molecule has 114 valence electrons. The average Bonchev–Trinajstić information content (AvgIpc) is 2.52. The van der Waals surface area contributed by atoms with Gasteiger partial charge in [0.25, 0.3) is 5.91 Å². The first-order valence-electron chi connectivity index (χ1n) is 6.62. The molecular formula is C14H18N2O5. The van der Waals surface area contributed by atoms with E-state index in [2.05, 4.69) is 5.16 Å². The molecule has 1 aliphatic rings. The molecule has 1 aromatic carbocycles. The van der Waals surface area contributed by atoms with Crippen molar-refractivity contribution in [3.05, 3.63) is 23.8 Å². The van der Waals surface area contributed by atoms with Gasteiger partial charge in [0.1, 0.15) is 11.5 Å². The Hall–Kier alpha value is -2.28. The van der Waals surface area contributed by atoms with Crippen molar-refractivity contribution >= 4 is 11.6 Å². The van der Waals surface area contributed by atoms with Gasteiger partial charge in [0.15, 0.2) is 6.61 Å². The van der Waals surface area contributed by atoms with Crippen LogP contribution in [0.4, 0.5) is 0 Å². The highest BCUT2D eigenvalue weighted by atomic mass is 16.5. The maximum Gasteiger partial charge on any atom is 0.260 e. The maximum absolute atomic E-state index is 11.9. The Labute approximate surface area is 122 Å². The van der Waals surface area contributed by atoms with Crippen LogP contribution in [0.25, 0.3) is 0 Å². The van der Waals surface area contributed by atoms with Gasteiger partial charge in [-0.05, 0) is 19.1 Å². The van der Waals surface area contributed by atoms with Crippen molar-refractivity contribution in [1.82, 2.24) is 4.90 Å². The topological polar surface area (TPSA) is 91.6 Å². The summed E-state index contributed by atoms with van der Waals surface area (Å²) in [6.45, 7) is 3.70. The Kier molecular flexibility index (Phi) is 4.99. The molecule has 2 N–H and O–H groups in total. The molecule has 2 rings (SSSR count). The number of hydrogen-bond donors (Lipinski definition) is 2. The van der Waals surface area contributed by atoms with E-state index >= 15 is 0 Å². The van der Waals surface area contributed by atoms with Crippen molar-refractivity contribution < 1.29 is 24.6 Å². The molecule has 0 bridgehead atoms. The number of amides is 1. The number of phenolic OH excluding ortho intramolecular Hbond substituents is 1. The van der Waals surface area contributed by atoms with Crippen molar-refractivity contribution in [2.45, 2.75) is 6.92 Å². The van der Waals surface area contributed by atoms with Crippen molar-refractivity contribution in [3.8, 4) is 11.5 Å². The second-order valence-electron chi connectivity index (χ2n) is 4.65. The van der Waals surface area contributed by atoms with E-state index in [0.717, 1.165) is 0 Å². The first-order valence-corrected chi connectivity index (χ1v) is 6.62. The van der Waals surface area contributed by atoms with E-state index in [-0.39, 0.29) is 18.3 Å². The van der Waals surface area contributed by atoms with Gasteiger partial charge in [0, 0.05) is 24.7 Å². The molecule has 1 amide bonds. The third-order valence-electron chi connectivity index (χ3n) is 3.24. The lowest BCUT2D eigenvalue weighted by atomic mass is 10.1. The Morgan fingerprint density at radius 1 is 1.43 bits per heavy atom. The largest absolute Gasteiger partial charge is 0.507 e. The van der Waals surface area contributed by atoms with Crippen LogP contribution in [0.3, 0.4) is 0 Å². The minimum absolute atomic E-state index is 0.0679. The highest BCUT2D eigenvalue weighted by Gasteiger charge is 2.17. The van der Waals surface area contributed by atoms with Gasteiger partial charge in [-0.3, -0.25) is 4.79 Å². The fourth-order valence-corrected chi connectivity index (χ4v) is 2.01. The molecule has 1 heterocycles. The van der Waals surface area contributed by atoms with Crippen LogP contribution in [0.1, 0.15) is 12.5 Å². The van der Waals surface area contributed by atoms with Crippen LogP contribution in [0.2, 0.25) is 0 Å². The summed E-state index contributed by atoms with van der Waals surface area (Å²) >= 11 is 0. The fourth-order valence-electron chi connectivity index (χ4n) is 2.01. The lowest BCUT2D eigenvalue weighted by molar-refractivity contribution is -0.137. The molecule has 1 aromatic rings. The smallest absolute Gasteiger partial charge is 0.260 e. The summed E-state index contributed by atoms with van der Waals surface area (Å²) < 4.78 is 10.6. The van der Waals surface area contributed by atoms with Crippen molar-refractivity contribution in [2.24, 2.45) is 5.16 Å².